The van der Waals surface area contributed by atoms with Gasteiger partial charge in [0.1, 0.15) is 5.75 Å². The Kier molecular flexibility index (Phi) is 5.69. The number of nitrogens with one attached hydrogen (secondary N) is 1. The van der Waals surface area contributed by atoms with Gasteiger partial charge in [0.05, 0.1) is 11.9 Å². The summed E-state index contributed by atoms with van der Waals surface area (Å²) in [6.45, 7) is 3.60. The average Bonchev–Trinajstić information content (AvgIpc) is 2.53. The number of nitrogens with zero attached hydrogens (tertiary/aromatic N) is 1. The molecule has 2 aromatic carbocycles. The van der Waals surface area contributed by atoms with Gasteiger partial charge in [0.25, 0.3) is 5.91 Å². The Morgan fingerprint density at radius 2 is 1.84 bits per heavy atom. The third-order valence-corrected chi connectivity index (χ3v) is 4.85. The summed E-state index contributed by atoms with van der Waals surface area (Å²) < 4.78 is 30.0. The number of carbonyl (C=O) groups excluding carboxylic acids is 1. The standard InChI is InChI=1S/C18H22N2O4S/c1-13-7-5-10-17(11-13)24-14(2)18(21)19-15-8-6-9-16(12-15)20(3)25(4,22)23/h5-12,14H,1-4H3,(H,19,21)/t14-/m0/s1. The molecule has 25 heavy (non-hydrogen) atoms. The van der Waals surface area contributed by atoms with Crippen molar-refractivity contribution >= 4 is 27.3 Å². The van der Waals surface area contributed by atoms with Gasteiger partial charge in [0.2, 0.25) is 10.0 Å². The molecule has 0 radical (unpaired) electrons. The predicted octanol–water partition coefficient (Wildman–Crippen LogP) is 2.80. The normalized spacial score (nSPS) is 12.3. The Labute approximate surface area is 148 Å². The fourth-order valence-corrected chi connectivity index (χ4v) is 2.66. The average molecular weight is 362 g/mol. The smallest absolute Gasteiger partial charge is 0.265 e. The molecule has 0 spiro atoms. The predicted molar refractivity (Wildman–Crippen MR) is 99.6 cm³/mol. The number of carbonyl (C=O) groups is 1. The molecule has 0 heterocycles. The molecule has 0 aliphatic rings. The van der Waals surface area contributed by atoms with E-state index in [1.54, 1.807) is 37.3 Å². The van der Waals surface area contributed by atoms with Crippen LogP contribution >= 0.6 is 0 Å². The molecule has 0 saturated carbocycles. The Morgan fingerprint density at radius 1 is 1.16 bits per heavy atom. The zero-order valence-corrected chi connectivity index (χ0v) is 15.5. The van der Waals surface area contributed by atoms with Crippen LogP contribution in [0, 0.1) is 6.92 Å². The minimum atomic E-state index is -3.37. The Hall–Kier alpha value is -2.54. The summed E-state index contributed by atoms with van der Waals surface area (Å²) in [6, 6.07) is 14.1. The molecule has 0 bridgehead atoms. The summed E-state index contributed by atoms with van der Waals surface area (Å²) in [6.07, 6.45) is 0.425. The number of sulfonamides is 1. The van der Waals surface area contributed by atoms with Crippen LogP contribution < -0.4 is 14.4 Å². The highest BCUT2D eigenvalue weighted by atomic mass is 32.2. The van der Waals surface area contributed by atoms with Crippen LogP contribution in [-0.2, 0) is 14.8 Å². The first-order valence-electron chi connectivity index (χ1n) is 7.75. The minimum absolute atomic E-state index is 0.319. The molecule has 134 valence electrons. The number of hydrogen-bond donors (Lipinski definition) is 1. The van der Waals surface area contributed by atoms with Gasteiger partial charge in [0.15, 0.2) is 6.10 Å². The summed E-state index contributed by atoms with van der Waals surface area (Å²) in [4.78, 5) is 12.3. The third kappa shape index (κ3) is 5.22. The Balaban J connectivity index is 2.07. The van der Waals surface area contributed by atoms with Crippen LogP contribution in [0.2, 0.25) is 0 Å². The molecule has 1 atom stereocenters. The van der Waals surface area contributed by atoms with Crippen LogP contribution in [0.25, 0.3) is 0 Å². The summed E-state index contributed by atoms with van der Waals surface area (Å²) in [5, 5.41) is 2.74. The second-order valence-electron chi connectivity index (χ2n) is 5.85. The van der Waals surface area contributed by atoms with E-state index in [9.17, 15) is 13.2 Å². The molecule has 1 amide bonds. The fraction of sp³-hybridized carbons (Fsp3) is 0.278. The van der Waals surface area contributed by atoms with Gasteiger partial charge in [-0.2, -0.15) is 0 Å². The van der Waals surface area contributed by atoms with Gasteiger partial charge in [0, 0.05) is 12.7 Å². The van der Waals surface area contributed by atoms with Crippen molar-refractivity contribution < 1.29 is 17.9 Å². The zero-order valence-electron chi connectivity index (χ0n) is 14.7. The first kappa shape index (κ1) is 18.8. The quantitative estimate of drug-likeness (QED) is 0.857. The third-order valence-electron chi connectivity index (χ3n) is 3.65. The molecule has 1 N–H and O–H groups in total. The molecule has 7 heteroatoms. The highest BCUT2D eigenvalue weighted by Crippen LogP contribution is 2.21. The van der Waals surface area contributed by atoms with E-state index in [1.165, 1.54) is 7.05 Å². The topological polar surface area (TPSA) is 75.7 Å². The molecular formula is C18H22N2O4S. The summed E-state index contributed by atoms with van der Waals surface area (Å²) in [5.74, 6) is 0.300. The first-order chi connectivity index (χ1) is 11.7. The summed E-state index contributed by atoms with van der Waals surface area (Å²) in [5.41, 5.74) is 2.01. The van der Waals surface area contributed by atoms with Gasteiger partial charge >= 0.3 is 0 Å². The summed E-state index contributed by atoms with van der Waals surface area (Å²) in [7, 11) is -1.91. The largest absolute Gasteiger partial charge is 0.481 e. The molecular weight excluding hydrogens is 340 g/mol. The van der Waals surface area contributed by atoms with Crippen LogP contribution in [0.5, 0.6) is 5.75 Å². The fourth-order valence-electron chi connectivity index (χ4n) is 2.16. The number of benzene rings is 2. The van der Waals surface area contributed by atoms with Crippen molar-refractivity contribution in [1.82, 2.24) is 0 Å². The van der Waals surface area contributed by atoms with E-state index in [-0.39, 0.29) is 5.91 Å². The number of ether oxygens (including phenoxy) is 1. The van der Waals surface area contributed by atoms with E-state index in [0.29, 0.717) is 17.1 Å². The van der Waals surface area contributed by atoms with Crippen molar-refractivity contribution in [2.75, 3.05) is 22.9 Å². The maximum Gasteiger partial charge on any atom is 0.265 e. The van der Waals surface area contributed by atoms with Crippen LogP contribution in [0.3, 0.4) is 0 Å². The van der Waals surface area contributed by atoms with E-state index in [1.807, 2.05) is 25.1 Å². The van der Waals surface area contributed by atoms with Crippen molar-refractivity contribution in [3.05, 3.63) is 54.1 Å². The molecule has 0 unspecified atom stereocenters. The van der Waals surface area contributed by atoms with Crippen molar-refractivity contribution in [2.45, 2.75) is 20.0 Å². The Bertz CT molecular complexity index is 865. The lowest BCUT2D eigenvalue weighted by Gasteiger charge is -2.18. The van der Waals surface area contributed by atoms with Gasteiger partial charge in [-0.25, -0.2) is 8.42 Å². The molecule has 2 aromatic rings. The van der Waals surface area contributed by atoms with Crippen LogP contribution in [0.4, 0.5) is 11.4 Å². The van der Waals surface area contributed by atoms with Crippen molar-refractivity contribution in [3.63, 3.8) is 0 Å². The second kappa shape index (κ2) is 7.57. The van der Waals surface area contributed by atoms with Gasteiger partial charge in [-0.05, 0) is 49.7 Å². The van der Waals surface area contributed by atoms with E-state index in [4.69, 9.17) is 4.74 Å². The SMILES string of the molecule is Cc1cccc(O[C@@H](C)C(=O)Nc2cccc(N(C)S(C)(=O)=O)c2)c1. The zero-order chi connectivity index (χ0) is 18.6. The van der Waals surface area contributed by atoms with Crippen molar-refractivity contribution in [1.29, 1.82) is 0 Å². The highest BCUT2D eigenvalue weighted by molar-refractivity contribution is 7.92. The Morgan fingerprint density at radius 3 is 2.48 bits per heavy atom. The van der Waals surface area contributed by atoms with Gasteiger partial charge in [-0.3, -0.25) is 9.10 Å². The number of anilines is 2. The maximum atomic E-state index is 12.3. The number of rotatable bonds is 6. The lowest BCUT2D eigenvalue weighted by molar-refractivity contribution is -0.122. The lowest BCUT2D eigenvalue weighted by atomic mass is 10.2. The van der Waals surface area contributed by atoms with Crippen LogP contribution in [0.15, 0.2) is 48.5 Å². The van der Waals surface area contributed by atoms with E-state index < -0.39 is 16.1 Å². The van der Waals surface area contributed by atoms with E-state index in [2.05, 4.69) is 5.32 Å². The highest BCUT2D eigenvalue weighted by Gasteiger charge is 2.16. The number of amides is 1. The number of aryl methyl sites for hydroxylation is 1. The monoisotopic (exact) mass is 362 g/mol. The van der Waals surface area contributed by atoms with Crippen molar-refractivity contribution in [3.8, 4) is 5.75 Å². The lowest BCUT2D eigenvalue weighted by Crippen LogP contribution is -2.30. The number of hydrogen-bond acceptors (Lipinski definition) is 4. The van der Waals surface area contributed by atoms with E-state index in [0.717, 1.165) is 16.1 Å². The molecule has 0 aliphatic carbocycles. The van der Waals surface area contributed by atoms with Crippen LogP contribution in [-0.4, -0.2) is 33.7 Å². The van der Waals surface area contributed by atoms with Crippen molar-refractivity contribution in [2.24, 2.45) is 0 Å². The second-order valence-corrected chi connectivity index (χ2v) is 7.86. The summed E-state index contributed by atoms with van der Waals surface area (Å²) >= 11 is 0. The van der Waals surface area contributed by atoms with Gasteiger partial charge in [-0.15, -0.1) is 0 Å². The minimum Gasteiger partial charge on any atom is -0.481 e. The van der Waals surface area contributed by atoms with Gasteiger partial charge in [-0.1, -0.05) is 18.2 Å². The maximum absolute atomic E-state index is 12.3. The first-order valence-corrected chi connectivity index (χ1v) is 9.60. The van der Waals surface area contributed by atoms with E-state index >= 15 is 0 Å². The molecule has 0 aliphatic heterocycles. The molecule has 0 fully saturated rings. The molecule has 0 saturated heterocycles. The van der Waals surface area contributed by atoms with Crippen LogP contribution in [0.1, 0.15) is 12.5 Å². The molecule has 2 rings (SSSR count). The molecule has 0 aromatic heterocycles. The van der Waals surface area contributed by atoms with Gasteiger partial charge < -0.3 is 10.1 Å². The molecule has 6 nitrogen and oxygen atoms in total.